The molecule has 0 spiro atoms. The Balaban J connectivity index is 1.67. The van der Waals surface area contributed by atoms with E-state index in [1.54, 1.807) is 23.0 Å². The van der Waals surface area contributed by atoms with Crippen LogP contribution in [0.5, 0.6) is 0 Å². The van der Waals surface area contributed by atoms with Gasteiger partial charge in [0.15, 0.2) is 28.6 Å². The Morgan fingerprint density at radius 3 is 2.67 bits per heavy atom. The van der Waals surface area contributed by atoms with Crippen LogP contribution in [0.4, 0.5) is 0 Å². The fourth-order valence-electron chi connectivity index (χ4n) is 3.39. The molecule has 1 N–H and O–H groups in total. The predicted molar refractivity (Wildman–Crippen MR) is 111 cm³/mol. The van der Waals surface area contributed by atoms with E-state index in [0.717, 1.165) is 11.1 Å². The predicted octanol–water partition coefficient (Wildman–Crippen LogP) is 3.73. The number of halogens is 1. The van der Waals surface area contributed by atoms with E-state index in [4.69, 9.17) is 20.8 Å². The fourth-order valence-corrected chi connectivity index (χ4v) is 3.60. The zero-order chi connectivity index (χ0) is 20.7. The van der Waals surface area contributed by atoms with Gasteiger partial charge in [-0.05, 0) is 37.1 Å². The van der Waals surface area contributed by atoms with Crippen molar-refractivity contribution in [2.75, 3.05) is 6.61 Å². The number of imidazole rings is 1. The second kappa shape index (κ2) is 7.58. The summed E-state index contributed by atoms with van der Waals surface area (Å²) in [4.78, 5) is 13.4. The molecule has 0 radical (unpaired) electrons. The maximum atomic E-state index is 10.4. The van der Waals surface area contributed by atoms with Gasteiger partial charge in [-0.3, -0.25) is 4.57 Å². The third-order valence-corrected chi connectivity index (χ3v) is 5.16. The molecule has 150 valence electrons. The lowest BCUT2D eigenvalue weighted by Crippen LogP contribution is -2.20. The van der Waals surface area contributed by atoms with E-state index < -0.39 is 12.3 Å². The number of aliphatic hydroxyl groups excluding tert-OH is 1. The Morgan fingerprint density at radius 2 is 1.97 bits per heavy atom. The first-order chi connectivity index (χ1) is 14.6. The van der Waals surface area contributed by atoms with Crippen LogP contribution < -0.4 is 0 Å². The molecule has 8 heteroatoms. The Hall–Kier alpha value is -3.18. The van der Waals surface area contributed by atoms with E-state index in [9.17, 15) is 5.11 Å². The number of hydrogen-bond acceptors (Lipinski definition) is 6. The Morgan fingerprint density at radius 1 is 1.13 bits per heavy atom. The second-order valence-electron chi connectivity index (χ2n) is 7.03. The average molecular weight is 421 g/mol. The normalized spacial score (nSPS) is 18.5. The fraction of sp³-hybridized carbons (Fsp3) is 0.227. The van der Waals surface area contributed by atoms with Crippen molar-refractivity contribution in [3.05, 3.63) is 64.8 Å². The van der Waals surface area contributed by atoms with Crippen LogP contribution in [-0.2, 0) is 4.74 Å². The minimum Gasteiger partial charge on any atom is -0.461 e. The second-order valence-corrected chi connectivity index (χ2v) is 7.38. The maximum Gasteiger partial charge on any atom is 0.208 e. The highest BCUT2D eigenvalue weighted by Crippen LogP contribution is 2.35. The number of nitrogens with zero attached hydrogens (tertiary/aromatic N) is 4. The number of furan rings is 1. The van der Waals surface area contributed by atoms with Gasteiger partial charge in [-0.25, -0.2) is 15.0 Å². The monoisotopic (exact) mass is 420 g/mol. The number of hydrogen-bond donors (Lipinski definition) is 1. The van der Waals surface area contributed by atoms with Gasteiger partial charge in [-0.15, -0.1) is 0 Å². The molecule has 0 amide bonds. The van der Waals surface area contributed by atoms with Crippen molar-refractivity contribution in [3.8, 4) is 23.4 Å². The van der Waals surface area contributed by atoms with Crippen molar-refractivity contribution in [2.24, 2.45) is 0 Å². The van der Waals surface area contributed by atoms with Crippen molar-refractivity contribution in [1.82, 2.24) is 19.5 Å². The van der Waals surface area contributed by atoms with Crippen LogP contribution in [0.1, 0.15) is 29.6 Å². The standard InChI is InChI=1S/C22H17ClN4O3/c1-13-4-6-14(7-5-13)8-9-17-24-19(23)18-21(25-17)27(22-15(28)10-12-30-22)20(26-18)16-3-2-11-29-16/h2-7,11,15,22,28H,10,12H2,1H3/t15-,22-/m1/s1. The van der Waals surface area contributed by atoms with Crippen molar-refractivity contribution in [3.63, 3.8) is 0 Å². The lowest BCUT2D eigenvalue weighted by molar-refractivity contribution is -0.00536. The van der Waals surface area contributed by atoms with Gasteiger partial charge in [-0.2, -0.15) is 0 Å². The first-order valence-electron chi connectivity index (χ1n) is 9.48. The number of benzene rings is 1. The molecule has 1 aromatic carbocycles. The summed E-state index contributed by atoms with van der Waals surface area (Å²) >= 11 is 6.43. The van der Waals surface area contributed by atoms with Crippen LogP contribution in [-0.4, -0.2) is 37.3 Å². The average Bonchev–Trinajstić information content (AvgIpc) is 3.47. The molecular weight excluding hydrogens is 404 g/mol. The van der Waals surface area contributed by atoms with E-state index in [-0.39, 0.29) is 11.0 Å². The van der Waals surface area contributed by atoms with Crippen LogP contribution >= 0.6 is 11.6 Å². The van der Waals surface area contributed by atoms with Gasteiger partial charge in [0.2, 0.25) is 5.82 Å². The van der Waals surface area contributed by atoms with Crippen LogP contribution in [0.25, 0.3) is 22.7 Å². The highest BCUT2D eigenvalue weighted by molar-refractivity contribution is 6.33. The third kappa shape index (κ3) is 3.35. The van der Waals surface area contributed by atoms with Gasteiger partial charge in [0, 0.05) is 12.0 Å². The Labute approximate surface area is 177 Å². The quantitative estimate of drug-likeness (QED) is 0.393. The summed E-state index contributed by atoms with van der Waals surface area (Å²) < 4.78 is 13.0. The van der Waals surface area contributed by atoms with Crippen molar-refractivity contribution >= 4 is 22.8 Å². The molecule has 0 unspecified atom stereocenters. The molecule has 3 aromatic heterocycles. The molecule has 5 rings (SSSR count). The summed E-state index contributed by atoms with van der Waals surface area (Å²) in [5.74, 6) is 7.24. The van der Waals surface area contributed by atoms with Crippen LogP contribution in [0.2, 0.25) is 5.15 Å². The molecule has 1 fully saturated rings. The van der Waals surface area contributed by atoms with Crippen molar-refractivity contribution in [1.29, 1.82) is 0 Å². The number of aryl methyl sites for hydroxylation is 1. The molecule has 1 saturated heterocycles. The van der Waals surface area contributed by atoms with Gasteiger partial charge in [-0.1, -0.05) is 35.2 Å². The third-order valence-electron chi connectivity index (χ3n) is 4.89. The molecule has 1 aliphatic rings. The van der Waals surface area contributed by atoms with E-state index in [0.29, 0.717) is 35.8 Å². The van der Waals surface area contributed by atoms with Gasteiger partial charge in [0.1, 0.15) is 11.6 Å². The summed E-state index contributed by atoms with van der Waals surface area (Å²) in [6.07, 6.45) is 0.711. The summed E-state index contributed by atoms with van der Waals surface area (Å²) in [6, 6.07) is 11.4. The molecular formula is C22H17ClN4O3. The summed E-state index contributed by atoms with van der Waals surface area (Å²) in [5.41, 5.74) is 2.83. The minimum atomic E-state index is -0.702. The molecule has 0 saturated carbocycles. The lowest BCUT2D eigenvalue weighted by Gasteiger charge is -2.18. The number of aliphatic hydroxyl groups is 1. The zero-order valence-corrected chi connectivity index (χ0v) is 16.8. The lowest BCUT2D eigenvalue weighted by atomic mass is 10.1. The number of fused-ring (bicyclic) bond motifs is 1. The Kier molecular flexibility index (Phi) is 4.75. The first kappa shape index (κ1) is 18.8. The Bertz CT molecular complexity index is 1270. The van der Waals surface area contributed by atoms with Gasteiger partial charge < -0.3 is 14.3 Å². The molecule has 1 aliphatic heterocycles. The van der Waals surface area contributed by atoms with Crippen LogP contribution in [0, 0.1) is 18.8 Å². The summed E-state index contributed by atoms with van der Waals surface area (Å²) in [6.45, 7) is 2.45. The zero-order valence-electron chi connectivity index (χ0n) is 16.0. The SMILES string of the molecule is Cc1ccc(C#Cc2nc(Cl)c3nc(-c4ccco4)n([C@@H]4OCC[C@H]4O)c3n2)cc1. The van der Waals surface area contributed by atoms with Crippen molar-refractivity contribution in [2.45, 2.75) is 25.7 Å². The molecule has 4 heterocycles. The van der Waals surface area contributed by atoms with Crippen molar-refractivity contribution < 1.29 is 14.3 Å². The first-order valence-corrected chi connectivity index (χ1v) is 9.85. The van der Waals surface area contributed by atoms with Gasteiger partial charge >= 0.3 is 0 Å². The highest BCUT2D eigenvalue weighted by Gasteiger charge is 2.33. The summed E-state index contributed by atoms with van der Waals surface area (Å²) in [7, 11) is 0. The topological polar surface area (TPSA) is 86.2 Å². The van der Waals surface area contributed by atoms with Crippen LogP contribution in [0.15, 0.2) is 47.1 Å². The molecule has 30 heavy (non-hydrogen) atoms. The van der Waals surface area contributed by atoms with E-state index in [1.807, 2.05) is 31.2 Å². The highest BCUT2D eigenvalue weighted by atomic mass is 35.5. The number of rotatable bonds is 2. The number of ether oxygens (including phenoxy) is 1. The van der Waals surface area contributed by atoms with E-state index in [1.165, 1.54) is 0 Å². The summed E-state index contributed by atoms with van der Waals surface area (Å²) in [5, 5.41) is 10.6. The van der Waals surface area contributed by atoms with Gasteiger partial charge in [0.05, 0.1) is 12.9 Å². The smallest absolute Gasteiger partial charge is 0.208 e. The van der Waals surface area contributed by atoms with Crippen LogP contribution in [0.3, 0.4) is 0 Å². The maximum absolute atomic E-state index is 10.4. The van der Waals surface area contributed by atoms with E-state index in [2.05, 4.69) is 26.8 Å². The largest absolute Gasteiger partial charge is 0.461 e. The molecule has 0 bridgehead atoms. The molecule has 0 aliphatic carbocycles. The molecule has 4 aromatic rings. The minimum absolute atomic E-state index is 0.173. The van der Waals surface area contributed by atoms with Gasteiger partial charge in [0.25, 0.3) is 0 Å². The number of aromatic nitrogens is 4. The van der Waals surface area contributed by atoms with E-state index >= 15 is 0 Å². The molecule has 2 atom stereocenters. The molecule has 7 nitrogen and oxygen atoms in total.